The molecule has 1 heterocycles. The Labute approximate surface area is 190 Å². The van der Waals surface area contributed by atoms with Crippen molar-refractivity contribution in [3.63, 3.8) is 0 Å². The zero-order chi connectivity index (χ0) is 22.9. The Hall–Kier alpha value is -3.91. The first-order valence-electron chi connectivity index (χ1n) is 9.58. The highest BCUT2D eigenvalue weighted by atomic mass is 35.5. The lowest BCUT2D eigenvalue weighted by molar-refractivity contribution is -0.118. The fourth-order valence-corrected chi connectivity index (χ4v) is 2.90. The van der Waals surface area contributed by atoms with E-state index in [0.717, 1.165) is 5.56 Å². The van der Waals surface area contributed by atoms with Crippen LogP contribution in [0, 0.1) is 6.92 Å². The van der Waals surface area contributed by atoms with Crippen molar-refractivity contribution in [1.29, 1.82) is 0 Å². The number of hydrazone groups is 1. The summed E-state index contributed by atoms with van der Waals surface area (Å²) in [4.78, 5) is 28.4. The third-order valence-electron chi connectivity index (χ3n) is 4.29. The first-order chi connectivity index (χ1) is 15.5. The summed E-state index contributed by atoms with van der Waals surface area (Å²) in [6, 6.07) is 15.7. The van der Waals surface area contributed by atoms with E-state index < -0.39 is 5.91 Å². The number of hydrogen-bond donors (Lipinski definition) is 2. The quantitative estimate of drug-likeness (QED) is 0.307. The minimum absolute atomic E-state index is 0.0743. The van der Waals surface area contributed by atoms with E-state index in [4.69, 9.17) is 21.1 Å². The van der Waals surface area contributed by atoms with Crippen molar-refractivity contribution in [1.82, 2.24) is 10.4 Å². The van der Waals surface area contributed by atoms with Gasteiger partial charge >= 0.3 is 0 Å². The van der Waals surface area contributed by atoms with Crippen molar-refractivity contribution in [2.24, 2.45) is 5.10 Å². The van der Waals surface area contributed by atoms with Crippen LogP contribution in [0.1, 0.15) is 21.5 Å². The molecule has 1 aromatic heterocycles. The summed E-state index contributed by atoms with van der Waals surface area (Å²) in [5.41, 5.74) is 4.85. The Morgan fingerprint density at radius 2 is 1.91 bits per heavy atom. The number of nitrogens with one attached hydrogen (secondary N) is 2. The van der Waals surface area contributed by atoms with Crippen LogP contribution < -0.4 is 20.2 Å². The van der Waals surface area contributed by atoms with Gasteiger partial charge in [0.25, 0.3) is 11.8 Å². The van der Waals surface area contributed by atoms with E-state index in [0.29, 0.717) is 22.7 Å². The molecule has 0 atom stereocenters. The van der Waals surface area contributed by atoms with Crippen LogP contribution >= 0.6 is 11.6 Å². The van der Waals surface area contributed by atoms with Gasteiger partial charge in [-0.15, -0.1) is 0 Å². The zero-order valence-electron chi connectivity index (χ0n) is 17.5. The average molecular weight is 453 g/mol. The topological polar surface area (TPSA) is 102 Å². The van der Waals surface area contributed by atoms with Gasteiger partial charge in [-0.3, -0.25) is 9.59 Å². The molecule has 0 unspecified atom stereocenters. The Morgan fingerprint density at radius 3 is 2.62 bits per heavy atom. The van der Waals surface area contributed by atoms with Gasteiger partial charge in [0.1, 0.15) is 5.15 Å². The van der Waals surface area contributed by atoms with E-state index in [2.05, 4.69) is 20.8 Å². The lowest BCUT2D eigenvalue weighted by Crippen LogP contribution is -2.21. The van der Waals surface area contributed by atoms with Gasteiger partial charge in [0.05, 0.1) is 18.9 Å². The van der Waals surface area contributed by atoms with Crippen LogP contribution in [0.25, 0.3) is 0 Å². The molecule has 9 heteroatoms. The van der Waals surface area contributed by atoms with Crippen LogP contribution in [0.4, 0.5) is 5.69 Å². The maximum absolute atomic E-state index is 12.3. The van der Waals surface area contributed by atoms with Crippen LogP contribution in [-0.4, -0.2) is 36.7 Å². The molecule has 0 aliphatic carbocycles. The van der Waals surface area contributed by atoms with Crippen LogP contribution in [0.2, 0.25) is 5.15 Å². The third kappa shape index (κ3) is 6.05. The van der Waals surface area contributed by atoms with Gasteiger partial charge in [-0.05, 0) is 43.3 Å². The molecule has 3 aromatic rings. The Morgan fingerprint density at radius 1 is 1.12 bits per heavy atom. The van der Waals surface area contributed by atoms with Gasteiger partial charge in [0, 0.05) is 17.4 Å². The molecule has 32 heavy (non-hydrogen) atoms. The minimum Gasteiger partial charge on any atom is -0.493 e. The van der Waals surface area contributed by atoms with Crippen molar-refractivity contribution >= 4 is 35.3 Å². The number of pyridine rings is 1. The number of benzene rings is 2. The van der Waals surface area contributed by atoms with Crippen LogP contribution in [0.3, 0.4) is 0 Å². The van der Waals surface area contributed by atoms with Gasteiger partial charge in [0.2, 0.25) is 0 Å². The first-order valence-corrected chi connectivity index (χ1v) is 9.96. The summed E-state index contributed by atoms with van der Waals surface area (Å²) in [5.74, 6) is -0.116. The monoisotopic (exact) mass is 452 g/mol. The summed E-state index contributed by atoms with van der Waals surface area (Å²) >= 11 is 5.92. The summed E-state index contributed by atoms with van der Waals surface area (Å²) < 4.78 is 11.0. The number of aromatic nitrogens is 1. The Bertz CT molecular complexity index is 1130. The molecule has 3 rings (SSSR count). The van der Waals surface area contributed by atoms with E-state index >= 15 is 0 Å². The van der Waals surface area contributed by atoms with Crippen molar-refractivity contribution in [2.45, 2.75) is 6.92 Å². The van der Waals surface area contributed by atoms with Crippen LogP contribution in [0.5, 0.6) is 11.5 Å². The van der Waals surface area contributed by atoms with Gasteiger partial charge in [-0.1, -0.05) is 35.4 Å². The van der Waals surface area contributed by atoms with Gasteiger partial charge in [-0.25, -0.2) is 10.4 Å². The molecular formula is C23H21ClN4O4. The number of methoxy groups -OCH3 is 1. The largest absolute Gasteiger partial charge is 0.493 e. The van der Waals surface area contributed by atoms with E-state index in [9.17, 15) is 9.59 Å². The molecule has 164 valence electrons. The van der Waals surface area contributed by atoms with Crippen molar-refractivity contribution in [3.8, 4) is 11.5 Å². The second-order valence-corrected chi connectivity index (χ2v) is 6.98. The van der Waals surface area contributed by atoms with Crippen LogP contribution in [0.15, 0.2) is 65.9 Å². The number of rotatable bonds is 8. The van der Waals surface area contributed by atoms with Gasteiger partial charge in [0.15, 0.2) is 18.1 Å². The van der Waals surface area contributed by atoms with E-state index in [1.54, 1.807) is 24.3 Å². The standard InChI is InChI=1S/C23H21ClN4O4/c1-15-8-10-17(11-9-15)27-20(29)14-32-21-16(5-3-7-19(21)31-2)13-26-28-23(30)18-6-4-12-25-22(18)24/h3-13H,14H2,1-2H3,(H,27,29)(H,28,30). The summed E-state index contributed by atoms with van der Waals surface area (Å²) in [6.45, 7) is 1.72. The summed E-state index contributed by atoms with van der Waals surface area (Å²) in [7, 11) is 1.49. The molecule has 0 aliphatic rings. The van der Waals surface area contributed by atoms with E-state index in [1.807, 2.05) is 31.2 Å². The second kappa shape index (κ2) is 10.9. The molecule has 2 aromatic carbocycles. The Balaban J connectivity index is 1.67. The fourth-order valence-electron chi connectivity index (χ4n) is 2.70. The number of hydrogen-bond acceptors (Lipinski definition) is 6. The first kappa shape index (κ1) is 22.8. The molecule has 0 bridgehead atoms. The van der Waals surface area contributed by atoms with Crippen molar-refractivity contribution < 1.29 is 19.1 Å². The average Bonchev–Trinajstić information content (AvgIpc) is 2.79. The number of nitrogens with zero attached hydrogens (tertiary/aromatic N) is 2. The number of amides is 2. The fraction of sp³-hybridized carbons (Fsp3) is 0.130. The van der Waals surface area contributed by atoms with E-state index in [1.165, 1.54) is 25.6 Å². The van der Waals surface area contributed by atoms with E-state index in [-0.39, 0.29) is 23.2 Å². The molecule has 0 spiro atoms. The number of carbonyl (C=O) groups is 2. The van der Waals surface area contributed by atoms with Gasteiger partial charge in [-0.2, -0.15) is 5.10 Å². The number of halogens is 1. The molecule has 2 amide bonds. The highest BCUT2D eigenvalue weighted by Gasteiger charge is 2.13. The number of ether oxygens (including phenoxy) is 2. The SMILES string of the molecule is COc1cccc(C=NNC(=O)c2cccnc2Cl)c1OCC(=O)Nc1ccc(C)cc1. The lowest BCUT2D eigenvalue weighted by atomic mass is 10.2. The highest BCUT2D eigenvalue weighted by molar-refractivity contribution is 6.32. The number of carbonyl (C=O) groups excluding carboxylic acids is 2. The van der Waals surface area contributed by atoms with Gasteiger partial charge < -0.3 is 14.8 Å². The lowest BCUT2D eigenvalue weighted by Gasteiger charge is -2.13. The molecule has 0 saturated heterocycles. The smallest absolute Gasteiger partial charge is 0.274 e. The van der Waals surface area contributed by atoms with Crippen molar-refractivity contribution in [3.05, 3.63) is 82.6 Å². The number of aryl methyl sites for hydroxylation is 1. The molecule has 2 N–H and O–H groups in total. The normalized spacial score (nSPS) is 10.6. The molecular weight excluding hydrogens is 432 g/mol. The molecule has 0 aliphatic heterocycles. The molecule has 0 radical (unpaired) electrons. The zero-order valence-corrected chi connectivity index (χ0v) is 18.2. The Kier molecular flexibility index (Phi) is 7.77. The van der Waals surface area contributed by atoms with Crippen LogP contribution in [-0.2, 0) is 4.79 Å². The summed E-state index contributed by atoms with van der Waals surface area (Å²) in [6.07, 6.45) is 2.87. The maximum atomic E-state index is 12.3. The summed E-state index contributed by atoms with van der Waals surface area (Å²) in [5, 5.41) is 6.79. The molecule has 0 saturated carbocycles. The predicted octanol–water partition coefficient (Wildman–Crippen LogP) is 3.83. The minimum atomic E-state index is -0.512. The predicted molar refractivity (Wildman–Crippen MR) is 123 cm³/mol. The second-order valence-electron chi connectivity index (χ2n) is 6.62. The highest BCUT2D eigenvalue weighted by Crippen LogP contribution is 2.30. The maximum Gasteiger partial charge on any atom is 0.274 e. The number of anilines is 1. The molecule has 8 nitrogen and oxygen atoms in total. The third-order valence-corrected chi connectivity index (χ3v) is 4.59. The number of para-hydroxylation sites is 1. The van der Waals surface area contributed by atoms with Crippen molar-refractivity contribution in [2.75, 3.05) is 19.0 Å². The molecule has 0 fully saturated rings.